The van der Waals surface area contributed by atoms with Crippen LogP contribution in [0.15, 0.2) is 0 Å². The van der Waals surface area contributed by atoms with Gasteiger partial charge in [-0.05, 0) is 13.8 Å². The zero-order chi connectivity index (χ0) is 8.48. The molecule has 0 aromatic rings. The Bertz CT molecular complexity index is 161. The number of hydrogen-bond acceptors (Lipinski definition) is 3. The number of morpholine rings is 1. The third kappa shape index (κ3) is 1.70. The third-order valence-corrected chi connectivity index (χ3v) is 1.89. The largest absolute Gasteiger partial charge is 0.479 e. The molecule has 0 spiro atoms. The van der Waals surface area contributed by atoms with Crippen molar-refractivity contribution in [2.45, 2.75) is 25.5 Å². The highest BCUT2D eigenvalue weighted by atomic mass is 16.5. The molecule has 0 aromatic heterocycles. The first-order valence-electron chi connectivity index (χ1n) is 3.65. The fraction of sp³-hybridized carbons (Fsp3) is 0.857. The van der Waals surface area contributed by atoms with Gasteiger partial charge in [0.1, 0.15) is 0 Å². The summed E-state index contributed by atoms with van der Waals surface area (Å²) in [7, 11) is 0. The highest BCUT2D eigenvalue weighted by Crippen LogP contribution is 2.14. The fourth-order valence-electron chi connectivity index (χ4n) is 0.925. The van der Waals surface area contributed by atoms with Gasteiger partial charge >= 0.3 is 5.97 Å². The smallest absolute Gasteiger partial charge is 0.337 e. The lowest BCUT2D eigenvalue weighted by molar-refractivity contribution is -0.168. The summed E-state index contributed by atoms with van der Waals surface area (Å²) in [6.45, 7) is 4.38. The monoisotopic (exact) mass is 159 g/mol. The molecular formula is C7H13NO3. The van der Waals surface area contributed by atoms with Crippen LogP contribution in [0.25, 0.3) is 0 Å². The van der Waals surface area contributed by atoms with Gasteiger partial charge in [0.2, 0.25) is 0 Å². The van der Waals surface area contributed by atoms with Gasteiger partial charge in [-0.15, -0.1) is 0 Å². The Balaban J connectivity index is 2.55. The van der Waals surface area contributed by atoms with E-state index < -0.39 is 11.6 Å². The molecule has 1 rings (SSSR count). The summed E-state index contributed by atoms with van der Waals surface area (Å²) in [5.74, 6) is -0.906. The molecule has 11 heavy (non-hydrogen) atoms. The Kier molecular flexibility index (Phi) is 2.15. The summed E-state index contributed by atoms with van der Waals surface area (Å²) in [5.41, 5.74) is -1.04. The molecule has 64 valence electrons. The average Bonchev–Trinajstić information content (AvgIpc) is 1.95. The topological polar surface area (TPSA) is 58.6 Å². The molecule has 0 aliphatic carbocycles. The van der Waals surface area contributed by atoms with Crippen molar-refractivity contribution in [3.05, 3.63) is 0 Å². The molecule has 0 radical (unpaired) electrons. The summed E-state index contributed by atoms with van der Waals surface area (Å²) in [6, 6.07) is 0.252. The summed E-state index contributed by atoms with van der Waals surface area (Å²) in [5, 5.41) is 11.8. The predicted octanol–water partition coefficient (Wildman–Crippen LogP) is -0.162. The maximum absolute atomic E-state index is 10.6. The maximum Gasteiger partial charge on any atom is 0.337 e. The van der Waals surface area contributed by atoms with Gasteiger partial charge in [-0.25, -0.2) is 4.79 Å². The van der Waals surface area contributed by atoms with Crippen LogP contribution in [-0.4, -0.2) is 35.9 Å². The normalized spacial score (nSPS) is 38.5. The van der Waals surface area contributed by atoms with Crippen LogP contribution < -0.4 is 5.32 Å². The average molecular weight is 159 g/mol. The van der Waals surface area contributed by atoms with E-state index in [1.807, 2.05) is 6.92 Å². The molecule has 0 unspecified atom stereocenters. The zero-order valence-electron chi connectivity index (χ0n) is 6.76. The lowest BCUT2D eigenvalue weighted by Crippen LogP contribution is -2.56. The van der Waals surface area contributed by atoms with Gasteiger partial charge in [-0.2, -0.15) is 0 Å². The molecule has 1 fully saturated rings. The predicted molar refractivity (Wildman–Crippen MR) is 39.5 cm³/mol. The molecule has 4 heteroatoms. The second kappa shape index (κ2) is 2.79. The Hall–Kier alpha value is -0.610. The van der Waals surface area contributed by atoms with E-state index in [1.54, 1.807) is 6.92 Å². The van der Waals surface area contributed by atoms with E-state index in [1.165, 1.54) is 0 Å². The second-order valence-corrected chi connectivity index (χ2v) is 3.13. The number of ether oxygens (including phenoxy) is 1. The number of hydrogen-bond donors (Lipinski definition) is 2. The summed E-state index contributed by atoms with van der Waals surface area (Å²) < 4.78 is 5.18. The van der Waals surface area contributed by atoms with E-state index in [9.17, 15) is 4.79 Å². The highest BCUT2D eigenvalue weighted by molar-refractivity contribution is 5.77. The van der Waals surface area contributed by atoms with Crippen LogP contribution in [0.3, 0.4) is 0 Å². The van der Waals surface area contributed by atoms with Gasteiger partial charge in [0.15, 0.2) is 5.60 Å². The van der Waals surface area contributed by atoms with Crippen molar-refractivity contribution in [2.75, 3.05) is 13.2 Å². The van der Waals surface area contributed by atoms with E-state index in [2.05, 4.69) is 5.32 Å². The van der Waals surface area contributed by atoms with E-state index in [4.69, 9.17) is 9.84 Å². The number of nitrogens with one attached hydrogen (secondary N) is 1. The van der Waals surface area contributed by atoms with Gasteiger partial charge < -0.3 is 15.2 Å². The first-order chi connectivity index (χ1) is 5.04. The van der Waals surface area contributed by atoms with Crippen molar-refractivity contribution >= 4 is 5.97 Å². The van der Waals surface area contributed by atoms with Gasteiger partial charge in [0, 0.05) is 12.6 Å². The SMILES string of the molecule is C[C@H]1CO[C@](C)(C(=O)O)CN1. The van der Waals surface area contributed by atoms with Crippen LogP contribution >= 0.6 is 0 Å². The summed E-state index contributed by atoms with van der Waals surface area (Å²) in [4.78, 5) is 10.6. The number of carboxylic acid groups (broad SMARTS) is 1. The minimum Gasteiger partial charge on any atom is -0.479 e. The molecular weight excluding hydrogens is 146 g/mol. The maximum atomic E-state index is 10.6. The highest BCUT2D eigenvalue weighted by Gasteiger charge is 2.37. The van der Waals surface area contributed by atoms with Crippen LogP contribution in [0, 0.1) is 0 Å². The zero-order valence-corrected chi connectivity index (χ0v) is 6.76. The molecule has 0 amide bonds. The van der Waals surface area contributed by atoms with Crippen molar-refractivity contribution in [2.24, 2.45) is 0 Å². The fourth-order valence-corrected chi connectivity index (χ4v) is 0.925. The Morgan fingerprint density at radius 2 is 2.45 bits per heavy atom. The van der Waals surface area contributed by atoms with Crippen molar-refractivity contribution in [1.29, 1.82) is 0 Å². The summed E-state index contributed by atoms with van der Waals surface area (Å²) in [6.07, 6.45) is 0. The Morgan fingerprint density at radius 1 is 1.82 bits per heavy atom. The van der Waals surface area contributed by atoms with Crippen molar-refractivity contribution in [3.8, 4) is 0 Å². The Morgan fingerprint density at radius 3 is 2.82 bits per heavy atom. The van der Waals surface area contributed by atoms with Crippen LogP contribution in [0.5, 0.6) is 0 Å². The third-order valence-electron chi connectivity index (χ3n) is 1.89. The number of carbonyl (C=O) groups is 1. The van der Waals surface area contributed by atoms with Crippen LogP contribution in [0.1, 0.15) is 13.8 Å². The van der Waals surface area contributed by atoms with E-state index in [0.717, 1.165) is 0 Å². The van der Waals surface area contributed by atoms with Gasteiger partial charge in [-0.3, -0.25) is 0 Å². The molecule has 2 N–H and O–H groups in total. The molecule has 1 aliphatic rings. The number of carboxylic acids is 1. The molecule has 1 aliphatic heterocycles. The van der Waals surface area contributed by atoms with Crippen LogP contribution in [-0.2, 0) is 9.53 Å². The van der Waals surface area contributed by atoms with Crippen LogP contribution in [0.4, 0.5) is 0 Å². The molecule has 0 bridgehead atoms. The molecule has 1 heterocycles. The first-order valence-corrected chi connectivity index (χ1v) is 3.65. The van der Waals surface area contributed by atoms with Crippen molar-refractivity contribution in [1.82, 2.24) is 5.32 Å². The molecule has 2 atom stereocenters. The van der Waals surface area contributed by atoms with Crippen molar-refractivity contribution in [3.63, 3.8) is 0 Å². The minimum atomic E-state index is -1.04. The van der Waals surface area contributed by atoms with Crippen molar-refractivity contribution < 1.29 is 14.6 Å². The summed E-state index contributed by atoms with van der Waals surface area (Å²) >= 11 is 0. The minimum absolute atomic E-state index is 0.252. The quantitative estimate of drug-likeness (QED) is 0.558. The number of aliphatic carboxylic acids is 1. The van der Waals surface area contributed by atoms with Gasteiger partial charge in [-0.1, -0.05) is 0 Å². The van der Waals surface area contributed by atoms with E-state index in [-0.39, 0.29) is 6.04 Å². The van der Waals surface area contributed by atoms with Gasteiger partial charge in [0.25, 0.3) is 0 Å². The lowest BCUT2D eigenvalue weighted by atomic mass is 10.1. The lowest BCUT2D eigenvalue weighted by Gasteiger charge is -2.33. The number of rotatable bonds is 1. The molecule has 0 saturated carbocycles. The molecule has 4 nitrogen and oxygen atoms in total. The first kappa shape index (κ1) is 8.49. The molecule has 1 saturated heterocycles. The standard InChI is InChI=1S/C7H13NO3/c1-5-3-11-7(2,4-8-5)6(9)10/h5,8H,3-4H2,1-2H3,(H,9,10)/t5-,7-/m0/s1. The second-order valence-electron chi connectivity index (χ2n) is 3.13. The molecule has 0 aromatic carbocycles. The van der Waals surface area contributed by atoms with E-state index >= 15 is 0 Å². The Labute approximate surface area is 65.5 Å². The van der Waals surface area contributed by atoms with E-state index in [0.29, 0.717) is 13.2 Å². The van der Waals surface area contributed by atoms with Gasteiger partial charge in [0.05, 0.1) is 6.61 Å². The van der Waals surface area contributed by atoms with Crippen LogP contribution in [0.2, 0.25) is 0 Å².